The third-order valence-corrected chi connectivity index (χ3v) is 8.09. The van der Waals surface area contributed by atoms with E-state index in [-0.39, 0.29) is 0 Å². The highest BCUT2D eigenvalue weighted by Crippen LogP contribution is 2.64. The van der Waals surface area contributed by atoms with Crippen LogP contribution in [-0.2, 0) is 0 Å². The summed E-state index contributed by atoms with van der Waals surface area (Å²) in [5.41, 5.74) is 0. The van der Waals surface area contributed by atoms with Gasteiger partial charge in [-0.1, -0.05) is 0 Å². The summed E-state index contributed by atoms with van der Waals surface area (Å²) in [7, 11) is -4.19. The molecule has 0 atom stereocenters. The summed E-state index contributed by atoms with van der Waals surface area (Å²) in [4.78, 5) is 0. The molecular weight excluding hydrogens is 555 g/mol. The molecule has 0 radical (unpaired) electrons. The molecule has 34 heavy (non-hydrogen) atoms. The Kier molecular flexibility index (Phi) is 8.80. The zero-order valence-electron chi connectivity index (χ0n) is 15.8. The number of aliphatic hydroxyl groups is 3. The molecule has 0 heterocycles. The molecule has 0 bridgehead atoms. The molecule has 0 rings (SSSR count). The number of rotatable bonds is 12. The van der Waals surface area contributed by atoms with Crippen LogP contribution in [0.25, 0.3) is 0 Å². The first-order valence-corrected chi connectivity index (χ1v) is 11.0. The summed E-state index contributed by atoms with van der Waals surface area (Å²) in [6, 6.07) is -1.68. The van der Waals surface area contributed by atoms with Gasteiger partial charge in [0.2, 0.25) is 0 Å². The van der Waals surface area contributed by atoms with Gasteiger partial charge in [0.1, 0.15) is 8.07 Å². The first-order valence-electron chi connectivity index (χ1n) is 8.18. The summed E-state index contributed by atoms with van der Waals surface area (Å²) >= 11 is 0. The van der Waals surface area contributed by atoms with Crippen molar-refractivity contribution in [1.82, 2.24) is 0 Å². The van der Waals surface area contributed by atoms with E-state index in [1.165, 1.54) is 0 Å². The summed E-state index contributed by atoms with van der Waals surface area (Å²) in [5.74, 6) is -56.9. The van der Waals surface area contributed by atoms with Crippen LogP contribution < -0.4 is 0 Å². The van der Waals surface area contributed by atoms with Crippen LogP contribution in [-0.4, -0.2) is 89.7 Å². The van der Waals surface area contributed by atoms with Crippen LogP contribution in [0.1, 0.15) is 6.42 Å². The van der Waals surface area contributed by atoms with E-state index in [4.69, 9.17) is 15.3 Å². The van der Waals surface area contributed by atoms with Gasteiger partial charge in [0, 0.05) is 25.1 Å². The molecule has 3 N–H and O–H groups in total. The maximum absolute atomic E-state index is 13.7. The SMILES string of the molecule is OC[Si](CO)(CO)CCC(F)(F)C(F)(F)C(F)(F)C(F)(F)C(F)(F)C(F)(F)C(F)(F)C(F)(F)F. The lowest BCUT2D eigenvalue weighted by Crippen LogP contribution is -2.74. The maximum Gasteiger partial charge on any atom is 0.460 e. The van der Waals surface area contributed by atoms with Gasteiger partial charge in [0.15, 0.2) is 0 Å². The van der Waals surface area contributed by atoms with E-state index in [0.717, 1.165) is 0 Å². The number of alkyl halides is 17. The van der Waals surface area contributed by atoms with E-state index in [9.17, 15) is 74.6 Å². The van der Waals surface area contributed by atoms with Crippen molar-refractivity contribution >= 4 is 8.07 Å². The van der Waals surface area contributed by atoms with Crippen LogP contribution in [0.3, 0.4) is 0 Å². The molecule has 0 aromatic rings. The second kappa shape index (κ2) is 9.09. The fraction of sp³-hybridized carbons (Fsp3) is 1.00. The topological polar surface area (TPSA) is 60.7 Å². The molecule has 0 aromatic heterocycles. The smallest absolute Gasteiger partial charge is 0.399 e. The molecule has 0 saturated carbocycles. The van der Waals surface area contributed by atoms with Gasteiger partial charge in [-0.3, -0.25) is 0 Å². The highest BCUT2D eigenvalue weighted by Gasteiger charge is 2.95. The second-order valence-corrected chi connectivity index (χ2v) is 11.6. The number of hydrogen-bond acceptors (Lipinski definition) is 3. The average molecular weight is 568 g/mol. The lowest BCUT2D eigenvalue weighted by molar-refractivity contribution is -0.461. The van der Waals surface area contributed by atoms with E-state index >= 15 is 0 Å². The van der Waals surface area contributed by atoms with E-state index in [1.54, 1.807) is 0 Å². The van der Waals surface area contributed by atoms with Gasteiger partial charge in [0.05, 0.1) is 0 Å². The zero-order chi connectivity index (χ0) is 28.0. The largest absolute Gasteiger partial charge is 0.460 e. The van der Waals surface area contributed by atoms with E-state index < -0.39 is 86.9 Å². The van der Waals surface area contributed by atoms with Gasteiger partial charge in [-0.15, -0.1) is 0 Å². The molecule has 0 fully saturated rings. The molecular formula is C13H13F17O3Si. The number of hydrogen-bond donors (Lipinski definition) is 3. The van der Waals surface area contributed by atoms with E-state index in [1.807, 2.05) is 0 Å². The van der Waals surface area contributed by atoms with Crippen LogP contribution >= 0.6 is 0 Å². The van der Waals surface area contributed by atoms with Crippen LogP contribution in [0.2, 0.25) is 6.04 Å². The minimum Gasteiger partial charge on any atom is -0.399 e. The summed E-state index contributed by atoms with van der Waals surface area (Å²) in [6.07, 6.45) is -14.7. The van der Waals surface area contributed by atoms with Gasteiger partial charge in [-0.2, -0.15) is 74.6 Å². The van der Waals surface area contributed by atoms with Crippen LogP contribution in [0.4, 0.5) is 74.6 Å². The lowest BCUT2D eigenvalue weighted by Gasteiger charge is -2.43. The third-order valence-electron chi connectivity index (χ3n) is 4.76. The molecule has 0 aliphatic carbocycles. The minimum atomic E-state index is -8.69. The molecule has 0 unspecified atom stereocenters. The summed E-state index contributed by atoms with van der Waals surface area (Å²) < 4.78 is 223. The van der Waals surface area contributed by atoms with Crippen molar-refractivity contribution in [1.29, 1.82) is 0 Å². The zero-order valence-corrected chi connectivity index (χ0v) is 16.8. The van der Waals surface area contributed by atoms with E-state index in [2.05, 4.69) is 0 Å². The van der Waals surface area contributed by atoms with E-state index in [0.29, 0.717) is 0 Å². The first kappa shape index (κ1) is 32.9. The van der Waals surface area contributed by atoms with Crippen LogP contribution in [0.5, 0.6) is 0 Å². The van der Waals surface area contributed by atoms with Crippen molar-refractivity contribution in [3.8, 4) is 0 Å². The molecule has 0 aromatic carbocycles. The fourth-order valence-corrected chi connectivity index (χ4v) is 3.78. The van der Waals surface area contributed by atoms with Crippen molar-refractivity contribution in [2.24, 2.45) is 0 Å². The van der Waals surface area contributed by atoms with Crippen molar-refractivity contribution in [2.45, 2.75) is 60.1 Å². The Hall–Kier alpha value is -1.09. The van der Waals surface area contributed by atoms with Gasteiger partial charge < -0.3 is 15.3 Å². The molecule has 21 heteroatoms. The summed E-state index contributed by atoms with van der Waals surface area (Å²) in [5, 5.41) is 26.7. The Morgan fingerprint density at radius 1 is 0.412 bits per heavy atom. The van der Waals surface area contributed by atoms with Crippen LogP contribution in [0.15, 0.2) is 0 Å². The maximum atomic E-state index is 13.7. The Bertz CT molecular complexity index is 693. The quantitative estimate of drug-likeness (QED) is 0.241. The molecule has 0 amide bonds. The van der Waals surface area contributed by atoms with Gasteiger partial charge >= 0.3 is 47.6 Å². The highest BCUT2D eigenvalue weighted by atomic mass is 28.3. The molecule has 0 aliphatic heterocycles. The Morgan fingerprint density at radius 3 is 0.941 bits per heavy atom. The predicted octanol–water partition coefficient (Wildman–Crippen LogP) is 4.43. The van der Waals surface area contributed by atoms with Gasteiger partial charge in [-0.25, -0.2) is 0 Å². The molecule has 0 aliphatic rings. The second-order valence-electron chi connectivity index (χ2n) is 7.12. The fourth-order valence-electron chi connectivity index (χ4n) is 2.16. The standard InChI is InChI=1S/C13H13F17O3Si/c14-6(15,1-2-34(3-31,4-32)5-33)7(16,17)8(18,19)9(20,21)10(22,23)11(24,25)12(26,27)13(28,29)30/h31-33H,1-5H2. The number of halogens is 17. The van der Waals surface area contributed by atoms with Crippen molar-refractivity contribution in [2.75, 3.05) is 18.7 Å². The molecule has 0 saturated heterocycles. The predicted molar refractivity (Wildman–Crippen MR) is 77.1 cm³/mol. The summed E-state index contributed by atoms with van der Waals surface area (Å²) in [6.45, 7) is 0. The molecule has 206 valence electrons. The molecule has 0 spiro atoms. The minimum absolute atomic E-state index is 1.38. The van der Waals surface area contributed by atoms with Crippen LogP contribution in [0, 0.1) is 0 Å². The monoisotopic (exact) mass is 568 g/mol. The van der Waals surface area contributed by atoms with Crippen molar-refractivity contribution in [3.63, 3.8) is 0 Å². The Morgan fingerprint density at radius 2 is 0.676 bits per heavy atom. The lowest BCUT2D eigenvalue weighted by atomic mass is 9.88. The van der Waals surface area contributed by atoms with Crippen molar-refractivity contribution in [3.05, 3.63) is 0 Å². The van der Waals surface area contributed by atoms with Gasteiger partial charge in [-0.05, 0) is 6.04 Å². The highest BCUT2D eigenvalue weighted by molar-refractivity contribution is 6.79. The third kappa shape index (κ3) is 4.55. The average Bonchev–Trinajstić information content (AvgIpc) is 2.67. The Balaban J connectivity index is 6.55. The Labute approximate surface area is 178 Å². The first-order chi connectivity index (χ1) is 14.6. The van der Waals surface area contributed by atoms with Gasteiger partial charge in [0.25, 0.3) is 0 Å². The normalized spacial score (nSPS) is 16.2. The number of aliphatic hydroxyl groups excluding tert-OH is 3. The van der Waals surface area contributed by atoms with Crippen molar-refractivity contribution < 1.29 is 90.0 Å². The molecule has 3 nitrogen and oxygen atoms in total.